The number of thiazole rings is 1. The summed E-state index contributed by atoms with van der Waals surface area (Å²) in [6.07, 6.45) is 4.79. The Bertz CT molecular complexity index is 420. The summed E-state index contributed by atoms with van der Waals surface area (Å²) < 4.78 is 0. The van der Waals surface area contributed by atoms with Crippen LogP contribution in [0.15, 0.2) is 6.20 Å². The van der Waals surface area contributed by atoms with Crippen molar-refractivity contribution in [3.05, 3.63) is 16.1 Å². The van der Waals surface area contributed by atoms with Crippen molar-refractivity contribution in [1.82, 2.24) is 20.1 Å². The van der Waals surface area contributed by atoms with Gasteiger partial charge in [-0.05, 0) is 12.8 Å². The van der Waals surface area contributed by atoms with Gasteiger partial charge in [-0.3, -0.25) is 9.80 Å². The van der Waals surface area contributed by atoms with Crippen LogP contribution in [0, 0.1) is 0 Å². The van der Waals surface area contributed by atoms with Crippen LogP contribution in [0.1, 0.15) is 28.8 Å². The van der Waals surface area contributed by atoms with E-state index in [1.54, 1.807) is 0 Å². The van der Waals surface area contributed by atoms with Gasteiger partial charge in [-0.25, -0.2) is 4.98 Å². The van der Waals surface area contributed by atoms with Gasteiger partial charge in [0.2, 0.25) is 0 Å². The van der Waals surface area contributed by atoms with E-state index in [1.165, 1.54) is 55.5 Å². The first-order valence-corrected chi connectivity index (χ1v) is 7.84. The molecule has 3 saturated heterocycles. The molecule has 4 aliphatic rings. The smallest absolute Gasteiger partial charge is 0.111 e. The molecule has 18 heavy (non-hydrogen) atoms. The lowest BCUT2D eigenvalue weighted by atomic mass is 10.1. The van der Waals surface area contributed by atoms with Crippen molar-refractivity contribution in [1.29, 1.82) is 0 Å². The van der Waals surface area contributed by atoms with Gasteiger partial charge in [0.1, 0.15) is 5.01 Å². The molecule has 4 fully saturated rings. The highest BCUT2D eigenvalue weighted by molar-refractivity contribution is 7.11. The molecule has 1 aromatic rings. The van der Waals surface area contributed by atoms with Gasteiger partial charge in [-0.1, -0.05) is 0 Å². The van der Waals surface area contributed by atoms with E-state index < -0.39 is 0 Å². The molecular weight excluding hydrogens is 244 g/mol. The Labute approximate surface area is 112 Å². The molecule has 4 heterocycles. The van der Waals surface area contributed by atoms with Crippen LogP contribution in [-0.2, 0) is 6.54 Å². The largest absolute Gasteiger partial charge is 0.309 e. The second-order valence-electron chi connectivity index (χ2n) is 5.67. The summed E-state index contributed by atoms with van der Waals surface area (Å²) in [6.45, 7) is 7.14. The topological polar surface area (TPSA) is 31.4 Å². The van der Waals surface area contributed by atoms with Gasteiger partial charge < -0.3 is 5.32 Å². The van der Waals surface area contributed by atoms with E-state index in [1.807, 2.05) is 11.3 Å². The van der Waals surface area contributed by atoms with Crippen molar-refractivity contribution < 1.29 is 0 Å². The highest BCUT2D eigenvalue weighted by Crippen LogP contribution is 2.31. The molecule has 1 N–H and O–H groups in total. The third kappa shape index (κ3) is 2.20. The number of nitrogens with zero attached hydrogens (tertiary/aromatic N) is 3. The Balaban J connectivity index is 1.44. The molecule has 0 spiro atoms. The van der Waals surface area contributed by atoms with Crippen molar-refractivity contribution in [2.75, 3.05) is 32.7 Å². The van der Waals surface area contributed by atoms with Gasteiger partial charge in [0.15, 0.2) is 0 Å². The summed E-state index contributed by atoms with van der Waals surface area (Å²) in [5, 5.41) is 4.90. The molecule has 1 unspecified atom stereocenters. The highest BCUT2D eigenvalue weighted by Gasteiger charge is 2.34. The number of fused-ring (bicyclic) bond motifs is 3. The molecule has 0 amide bonds. The summed E-state index contributed by atoms with van der Waals surface area (Å²) in [4.78, 5) is 11.3. The third-order valence-electron chi connectivity index (χ3n) is 4.28. The molecule has 5 rings (SSSR count). The summed E-state index contributed by atoms with van der Waals surface area (Å²) in [5.74, 6) is 0. The van der Waals surface area contributed by atoms with E-state index in [9.17, 15) is 0 Å². The lowest BCUT2D eigenvalue weighted by molar-refractivity contribution is 0.0122. The highest BCUT2D eigenvalue weighted by atomic mass is 32.1. The van der Waals surface area contributed by atoms with Gasteiger partial charge in [-0.15, -0.1) is 11.3 Å². The molecule has 5 heteroatoms. The Morgan fingerprint density at radius 2 is 2.11 bits per heavy atom. The van der Waals surface area contributed by atoms with Gasteiger partial charge in [-0.2, -0.15) is 0 Å². The minimum Gasteiger partial charge on any atom is -0.309 e. The maximum Gasteiger partial charge on any atom is 0.111 e. The van der Waals surface area contributed by atoms with Crippen molar-refractivity contribution in [2.45, 2.75) is 31.5 Å². The fourth-order valence-electron chi connectivity index (χ4n) is 2.94. The Hall–Kier alpha value is -0.490. The van der Waals surface area contributed by atoms with Crippen LogP contribution < -0.4 is 5.32 Å². The van der Waals surface area contributed by atoms with Crippen LogP contribution in [0.2, 0.25) is 0 Å². The third-order valence-corrected chi connectivity index (χ3v) is 5.38. The molecule has 1 aromatic heterocycles. The van der Waals surface area contributed by atoms with Crippen molar-refractivity contribution in [3.63, 3.8) is 0 Å². The molecule has 2 bridgehead atoms. The van der Waals surface area contributed by atoms with Gasteiger partial charge in [0.25, 0.3) is 0 Å². The van der Waals surface area contributed by atoms with Crippen LogP contribution in [0.25, 0.3) is 0 Å². The van der Waals surface area contributed by atoms with Crippen LogP contribution in [0.3, 0.4) is 0 Å². The predicted molar refractivity (Wildman–Crippen MR) is 72.7 cm³/mol. The molecular formula is C13H20N4S. The van der Waals surface area contributed by atoms with E-state index in [0.717, 1.165) is 12.6 Å². The number of hydrogen-bond donors (Lipinski definition) is 1. The van der Waals surface area contributed by atoms with Gasteiger partial charge in [0.05, 0.1) is 6.04 Å². The minimum absolute atomic E-state index is 0.562. The molecule has 0 radical (unpaired) electrons. The predicted octanol–water partition coefficient (Wildman–Crippen LogP) is 1.07. The van der Waals surface area contributed by atoms with Crippen LogP contribution >= 0.6 is 11.3 Å². The number of rotatable bonds is 4. The molecule has 1 atom stereocenters. The molecule has 1 aliphatic carbocycles. The average Bonchev–Trinajstić information content (AvgIpc) is 3.15. The van der Waals surface area contributed by atoms with E-state index >= 15 is 0 Å². The van der Waals surface area contributed by atoms with E-state index in [2.05, 4.69) is 26.3 Å². The van der Waals surface area contributed by atoms with E-state index in [0.29, 0.717) is 6.04 Å². The van der Waals surface area contributed by atoms with Crippen LogP contribution in [0.4, 0.5) is 0 Å². The molecule has 4 nitrogen and oxygen atoms in total. The molecule has 1 saturated carbocycles. The molecule has 98 valence electrons. The first-order valence-electron chi connectivity index (χ1n) is 7.03. The maximum atomic E-state index is 4.67. The Morgan fingerprint density at radius 3 is 2.78 bits per heavy atom. The zero-order valence-corrected chi connectivity index (χ0v) is 11.5. The van der Waals surface area contributed by atoms with Gasteiger partial charge >= 0.3 is 0 Å². The van der Waals surface area contributed by atoms with Gasteiger partial charge in [0, 0.05) is 56.4 Å². The zero-order valence-electron chi connectivity index (χ0n) is 10.6. The average molecular weight is 264 g/mol. The maximum absolute atomic E-state index is 4.67. The zero-order chi connectivity index (χ0) is 11.9. The number of aromatic nitrogens is 1. The second-order valence-corrected chi connectivity index (χ2v) is 6.82. The number of hydrogen-bond acceptors (Lipinski definition) is 5. The summed E-state index contributed by atoms with van der Waals surface area (Å²) in [7, 11) is 0. The van der Waals surface area contributed by atoms with Crippen molar-refractivity contribution >= 4 is 11.3 Å². The SMILES string of the molecule is c1nc(C2CN3CCN2CC3)sc1CNC1CC1. The summed E-state index contributed by atoms with van der Waals surface area (Å²) >= 11 is 1.91. The Kier molecular flexibility index (Phi) is 2.87. The lowest BCUT2D eigenvalue weighted by Crippen LogP contribution is -2.56. The number of nitrogens with one attached hydrogen (secondary N) is 1. The van der Waals surface area contributed by atoms with Crippen LogP contribution in [0.5, 0.6) is 0 Å². The number of piperazine rings is 3. The molecule has 3 aliphatic heterocycles. The first kappa shape index (κ1) is 11.3. The minimum atomic E-state index is 0.562. The fraction of sp³-hybridized carbons (Fsp3) is 0.769. The fourth-order valence-corrected chi connectivity index (χ4v) is 3.94. The summed E-state index contributed by atoms with van der Waals surface area (Å²) in [5.41, 5.74) is 0. The monoisotopic (exact) mass is 264 g/mol. The first-order chi connectivity index (χ1) is 8.88. The Morgan fingerprint density at radius 1 is 1.28 bits per heavy atom. The second kappa shape index (κ2) is 4.56. The summed E-state index contributed by atoms with van der Waals surface area (Å²) in [6, 6.07) is 1.35. The van der Waals surface area contributed by atoms with Crippen molar-refractivity contribution in [3.8, 4) is 0 Å². The normalized spacial score (nSPS) is 35.0. The standard InChI is InChI=1S/C13H20N4S/c1-2-10(1)14-7-11-8-15-13(18-11)12-9-16-3-5-17(12)6-4-16/h8,10,12,14H,1-7,9H2. The van der Waals surface area contributed by atoms with E-state index in [-0.39, 0.29) is 0 Å². The van der Waals surface area contributed by atoms with Crippen molar-refractivity contribution in [2.24, 2.45) is 0 Å². The lowest BCUT2D eigenvalue weighted by Gasteiger charge is -2.46. The molecule has 0 aromatic carbocycles. The van der Waals surface area contributed by atoms with Crippen LogP contribution in [-0.4, -0.2) is 53.5 Å². The quantitative estimate of drug-likeness (QED) is 0.881. The van der Waals surface area contributed by atoms with E-state index in [4.69, 9.17) is 0 Å².